The van der Waals surface area contributed by atoms with Gasteiger partial charge >= 0.3 is 0 Å². The minimum absolute atomic E-state index is 0.144. The Morgan fingerprint density at radius 2 is 2.12 bits per heavy atom. The van der Waals surface area contributed by atoms with E-state index in [1.807, 2.05) is 19.1 Å². The second-order valence-corrected chi connectivity index (χ2v) is 6.21. The summed E-state index contributed by atoms with van der Waals surface area (Å²) in [6, 6.07) is 5.49. The first-order valence-electron chi connectivity index (χ1n) is 7.58. The second-order valence-electron chi connectivity index (χ2n) is 5.21. The van der Waals surface area contributed by atoms with Crippen molar-refractivity contribution in [2.24, 2.45) is 0 Å². The second kappa shape index (κ2) is 8.02. The first-order valence-corrected chi connectivity index (χ1v) is 8.57. The van der Waals surface area contributed by atoms with Gasteiger partial charge in [0.05, 0.1) is 24.7 Å². The fourth-order valence-corrected chi connectivity index (χ4v) is 2.78. The minimum Gasteiger partial charge on any atom is -0.378 e. The predicted octanol–water partition coefficient (Wildman–Crippen LogP) is 1.14. The van der Waals surface area contributed by atoms with Crippen LogP contribution in [0, 0.1) is 6.92 Å². The van der Waals surface area contributed by atoms with Crippen LogP contribution >= 0.6 is 11.8 Å². The van der Waals surface area contributed by atoms with Crippen molar-refractivity contribution in [3.8, 4) is 0 Å². The highest BCUT2D eigenvalue weighted by Gasteiger charge is 2.14. The van der Waals surface area contributed by atoms with Gasteiger partial charge in [-0.05, 0) is 19.1 Å². The van der Waals surface area contributed by atoms with Crippen molar-refractivity contribution in [3.05, 3.63) is 30.2 Å². The Hall–Kier alpha value is -2.26. The highest BCUT2D eigenvalue weighted by atomic mass is 32.2. The summed E-state index contributed by atoms with van der Waals surface area (Å²) >= 11 is 1.33. The Kier molecular flexibility index (Phi) is 5.55. The van der Waals surface area contributed by atoms with Gasteiger partial charge < -0.3 is 15.0 Å². The molecule has 2 aromatic rings. The molecule has 1 aliphatic rings. The molecule has 0 atom stereocenters. The van der Waals surface area contributed by atoms with Crippen molar-refractivity contribution in [1.82, 2.24) is 20.2 Å². The smallest absolute Gasteiger partial charge is 0.235 e. The monoisotopic (exact) mass is 346 g/mol. The van der Waals surface area contributed by atoms with Crippen LogP contribution in [0.1, 0.15) is 5.69 Å². The molecule has 0 saturated carbocycles. The molecule has 0 aromatic carbocycles. The zero-order valence-electron chi connectivity index (χ0n) is 13.3. The van der Waals surface area contributed by atoms with E-state index in [0.717, 1.165) is 24.6 Å². The molecule has 24 heavy (non-hydrogen) atoms. The van der Waals surface area contributed by atoms with Crippen LogP contribution in [0.25, 0.3) is 0 Å². The summed E-state index contributed by atoms with van der Waals surface area (Å²) < 4.78 is 5.33. The zero-order valence-corrected chi connectivity index (χ0v) is 14.1. The number of aromatic nitrogens is 4. The van der Waals surface area contributed by atoms with E-state index < -0.39 is 0 Å². The summed E-state index contributed by atoms with van der Waals surface area (Å²) in [6.45, 7) is 4.80. The molecule has 1 fully saturated rings. The molecule has 1 N–H and O–H groups in total. The lowest BCUT2D eigenvalue weighted by atomic mass is 10.4. The average molecular weight is 346 g/mol. The number of carbonyl (C=O) groups excluding carboxylic acids is 1. The topological polar surface area (TPSA) is 93.1 Å². The zero-order chi connectivity index (χ0) is 16.8. The number of morpholine rings is 1. The van der Waals surface area contributed by atoms with Crippen molar-refractivity contribution in [2.75, 3.05) is 42.3 Å². The highest BCUT2D eigenvalue weighted by molar-refractivity contribution is 7.99. The Morgan fingerprint density at radius 3 is 2.88 bits per heavy atom. The fourth-order valence-electron chi connectivity index (χ4n) is 2.16. The molecule has 126 valence electrons. The molecule has 3 rings (SSSR count). The summed E-state index contributed by atoms with van der Waals surface area (Å²) in [5.74, 6) is 1.39. The summed E-state index contributed by atoms with van der Waals surface area (Å²) in [6.07, 6.45) is 1.46. The average Bonchev–Trinajstić information content (AvgIpc) is 2.62. The Balaban J connectivity index is 1.55. The minimum atomic E-state index is -0.144. The number of amides is 1. The number of thioether (sulfide) groups is 1. The molecule has 1 amide bonds. The van der Waals surface area contributed by atoms with Crippen LogP contribution in [0.3, 0.4) is 0 Å². The number of hydrogen-bond donors (Lipinski definition) is 1. The van der Waals surface area contributed by atoms with Gasteiger partial charge in [-0.3, -0.25) is 4.79 Å². The Labute approximate surface area is 144 Å². The number of hydrogen-bond acceptors (Lipinski definition) is 8. The predicted molar refractivity (Wildman–Crippen MR) is 91.2 cm³/mol. The number of ether oxygens (including phenoxy) is 1. The molecule has 0 spiro atoms. The van der Waals surface area contributed by atoms with Crippen LogP contribution in [0.5, 0.6) is 0 Å². The summed E-state index contributed by atoms with van der Waals surface area (Å²) in [5.41, 5.74) is 0.848. The van der Waals surface area contributed by atoms with E-state index >= 15 is 0 Å². The third kappa shape index (κ3) is 4.62. The maximum absolute atomic E-state index is 12.1. The molecule has 3 heterocycles. The number of nitrogens with one attached hydrogen (secondary N) is 1. The van der Waals surface area contributed by atoms with E-state index in [1.54, 1.807) is 6.07 Å². The fraction of sp³-hybridized carbons (Fsp3) is 0.400. The van der Waals surface area contributed by atoms with Gasteiger partial charge in [-0.1, -0.05) is 11.8 Å². The molecular formula is C15H18N6O2S. The molecule has 0 aliphatic carbocycles. The van der Waals surface area contributed by atoms with Crippen molar-refractivity contribution in [2.45, 2.75) is 11.9 Å². The summed E-state index contributed by atoms with van der Waals surface area (Å²) in [7, 11) is 0. The molecule has 0 unspecified atom stereocenters. The summed E-state index contributed by atoms with van der Waals surface area (Å²) in [5, 5.41) is 11.5. The van der Waals surface area contributed by atoms with Crippen LogP contribution < -0.4 is 10.2 Å². The number of rotatable bonds is 5. The van der Waals surface area contributed by atoms with E-state index in [2.05, 4.69) is 30.4 Å². The first kappa shape index (κ1) is 16.6. The molecule has 2 aromatic heterocycles. The first-order chi connectivity index (χ1) is 11.7. The Bertz CT molecular complexity index is 691. The number of carbonyl (C=O) groups is 1. The van der Waals surface area contributed by atoms with Gasteiger partial charge in [0.15, 0.2) is 0 Å². The largest absolute Gasteiger partial charge is 0.378 e. The molecule has 9 heteroatoms. The van der Waals surface area contributed by atoms with Crippen LogP contribution in [0.4, 0.5) is 11.6 Å². The number of anilines is 2. The van der Waals surface area contributed by atoms with Crippen LogP contribution in [-0.4, -0.2) is 58.1 Å². The van der Waals surface area contributed by atoms with Gasteiger partial charge in [0.25, 0.3) is 0 Å². The van der Waals surface area contributed by atoms with Crippen molar-refractivity contribution in [1.29, 1.82) is 0 Å². The summed E-state index contributed by atoms with van der Waals surface area (Å²) in [4.78, 5) is 22.5. The molecule has 1 aliphatic heterocycles. The Morgan fingerprint density at radius 1 is 1.29 bits per heavy atom. The van der Waals surface area contributed by atoms with Gasteiger partial charge in [-0.25, -0.2) is 9.97 Å². The van der Waals surface area contributed by atoms with E-state index in [9.17, 15) is 4.79 Å². The maximum atomic E-state index is 12.1. The van der Waals surface area contributed by atoms with Gasteiger partial charge in [0.2, 0.25) is 5.91 Å². The van der Waals surface area contributed by atoms with E-state index in [1.165, 1.54) is 18.1 Å². The lowest BCUT2D eigenvalue weighted by Crippen LogP contribution is -2.36. The quantitative estimate of drug-likeness (QED) is 0.806. The number of nitrogens with zero attached hydrogens (tertiary/aromatic N) is 5. The van der Waals surface area contributed by atoms with E-state index in [0.29, 0.717) is 24.1 Å². The van der Waals surface area contributed by atoms with Crippen LogP contribution in [-0.2, 0) is 9.53 Å². The van der Waals surface area contributed by atoms with Gasteiger partial charge in [-0.2, -0.15) is 5.10 Å². The highest BCUT2D eigenvalue weighted by Crippen LogP contribution is 2.17. The van der Waals surface area contributed by atoms with Gasteiger partial charge in [0, 0.05) is 19.2 Å². The van der Waals surface area contributed by atoms with E-state index in [-0.39, 0.29) is 11.7 Å². The van der Waals surface area contributed by atoms with Gasteiger partial charge in [0.1, 0.15) is 23.0 Å². The van der Waals surface area contributed by atoms with Crippen molar-refractivity contribution in [3.63, 3.8) is 0 Å². The molecule has 0 bridgehead atoms. The van der Waals surface area contributed by atoms with Crippen molar-refractivity contribution < 1.29 is 9.53 Å². The lowest BCUT2D eigenvalue weighted by molar-refractivity contribution is -0.113. The number of aryl methyl sites for hydroxylation is 1. The third-order valence-corrected chi connectivity index (χ3v) is 4.30. The molecule has 0 radical (unpaired) electrons. The van der Waals surface area contributed by atoms with Crippen molar-refractivity contribution >= 4 is 29.3 Å². The maximum Gasteiger partial charge on any atom is 0.235 e. The lowest BCUT2D eigenvalue weighted by Gasteiger charge is -2.27. The standard InChI is InChI=1S/C15H18N6O2S/c1-11-2-3-15(20-19-11)24-9-14(22)18-12-8-13(17-10-16-12)21-4-6-23-7-5-21/h2-3,8,10H,4-7,9H2,1H3,(H,16,17,18,22). The van der Waals surface area contributed by atoms with Gasteiger partial charge in [-0.15, -0.1) is 5.10 Å². The third-order valence-electron chi connectivity index (χ3n) is 3.38. The SMILES string of the molecule is Cc1ccc(SCC(=O)Nc2cc(N3CCOCC3)ncn2)nn1. The van der Waals surface area contributed by atoms with Crippen LogP contribution in [0.15, 0.2) is 29.6 Å². The molecule has 1 saturated heterocycles. The normalized spacial score (nSPS) is 14.5. The molecule has 8 nitrogen and oxygen atoms in total. The molecular weight excluding hydrogens is 328 g/mol. The van der Waals surface area contributed by atoms with Crippen LogP contribution in [0.2, 0.25) is 0 Å². The van der Waals surface area contributed by atoms with E-state index in [4.69, 9.17) is 4.74 Å².